The number of halogens is 1. The molecule has 1 unspecified atom stereocenters. The molecule has 0 heterocycles. The van der Waals surface area contributed by atoms with Crippen LogP contribution >= 0.6 is 15.9 Å². The van der Waals surface area contributed by atoms with Crippen LogP contribution in [0.4, 0.5) is 10.5 Å². The molecule has 2 amide bonds. The van der Waals surface area contributed by atoms with Gasteiger partial charge in [0, 0.05) is 35.5 Å². The topological polar surface area (TPSA) is 70.6 Å². The zero-order valence-electron chi connectivity index (χ0n) is 11.8. The van der Waals surface area contributed by atoms with E-state index < -0.39 is 0 Å². The normalized spacial score (nSPS) is 12.0. The molecule has 0 aliphatic heterocycles. The highest BCUT2D eigenvalue weighted by atomic mass is 79.9. The van der Waals surface area contributed by atoms with Gasteiger partial charge >= 0.3 is 6.03 Å². The predicted molar refractivity (Wildman–Crippen MR) is 82.8 cm³/mol. The molecule has 0 radical (unpaired) electrons. The van der Waals surface area contributed by atoms with Crippen molar-refractivity contribution in [1.82, 2.24) is 5.32 Å². The van der Waals surface area contributed by atoms with E-state index in [1.165, 1.54) is 0 Å². The average Bonchev–Trinajstić information content (AvgIpc) is 2.42. The molecular formula is C14H21BrN2O3. The Labute approximate surface area is 127 Å². The number of anilines is 1. The molecule has 6 heteroatoms. The number of ether oxygens (including phenoxy) is 1. The second-order valence-corrected chi connectivity index (χ2v) is 5.27. The molecule has 112 valence electrons. The third-order valence-corrected chi connectivity index (χ3v) is 3.70. The standard InChI is InChI=1S/C14H21BrN2O3/c1-3-10(7-8-18)16-14(19)17-13-6-4-5-12(15)11(13)9-20-2/h4-6,10,18H,3,7-9H2,1-2H3,(H2,16,17,19). The average molecular weight is 345 g/mol. The largest absolute Gasteiger partial charge is 0.396 e. The van der Waals surface area contributed by atoms with Gasteiger partial charge in [-0.3, -0.25) is 0 Å². The Hall–Kier alpha value is -1.11. The molecule has 0 saturated carbocycles. The molecule has 0 spiro atoms. The van der Waals surface area contributed by atoms with Crippen molar-refractivity contribution in [2.45, 2.75) is 32.4 Å². The minimum absolute atomic E-state index is 0.0296. The number of aliphatic hydroxyl groups excluding tert-OH is 1. The van der Waals surface area contributed by atoms with Gasteiger partial charge < -0.3 is 20.5 Å². The highest BCUT2D eigenvalue weighted by Crippen LogP contribution is 2.25. The van der Waals surface area contributed by atoms with Gasteiger partial charge in [0.1, 0.15) is 0 Å². The SMILES string of the molecule is CCC(CCO)NC(=O)Nc1cccc(Br)c1COC. The van der Waals surface area contributed by atoms with Gasteiger partial charge in [-0.1, -0.05) is 28.9 Å². The number of benzene rings is 1. The third kappa shape index (κ3) is 5.11. The van der Waals surface area contributed by atoms with Gasteiger partial charge in [-0.2, -0.15) is 0 Å². The molecule has 1 aromatic rings. The monoisotopic (exact) mass is 344 g/mol. The minimum Gasteiger partial charge on any atom is -0.396 e. The number of methoxy groups -OCH3 is 1. The summed E-state index contributed by atoms with van der Waals surface area (Å²) in [5, 5.41) is 14.6. The maximum Gasteiger partial charge on any atom is 0.319 e. The summed E-state index contributed by atoms with van der Waals surface area (Å²) < 4.78 is 6.03. The summed E-state index contributed by atoms with van der Waals surface area (Å²) >= 11 is 3.44. The Morgan fingerprint density at radius 1 is 1.50 bits per heavy atom. The van der Waals surface area contributed by atoms with Gasteiger partial charge in [-0.25, -0.2) is 4.79 Å². The summed E-state index contributed by atoms with van der Waals surface area (Å²) in [4.78, 5) is 12.0. The van der Waals surface area contributed by atoms with E-state index in [0.29, 0.717) is 18.7 Å². The smallest absolute Gasteiger partial charge is 0.319 e. The van der Waals surface area contributed by atoms with Crippen molar-refractivity contribution in [3.63, 3.8) is 0 Å². The maximum atomic E-state index is 12.0. The molecule has 0 saturated heterocycles. The molecule has 0 aliphatic rings. The summed E-state index contributed by atoms with van der Waals surface area (Å²) in [5.41, 5.74) is 1.60. The number of aliphatic hydroxyl groups is 1. The van der Waals surface area contributed by atoms with Gasteiger partial charge in [-0.05, 0) is 25.0 Å². The lowest BCUT2D eigenvalue weighted by Crippen LogP contribution is -2.38. The van der Waals surface area contributed by atoms with Crippen LogP contribution in [0, 0.1) is 0 Å². The molecular weight excluding hydrogens is 324 g/mol. The second-order valence-electron chi connectivity index (χ2n) is 4.41. The van der Waals surface area contributed by atoms with Gasteiger partial charge in [0.15, 0.2) is 0 Å². The summed E-state index contributed by atoms with van der Waals surface area (Å²) in [5.74, 6) is 0. The lowest BCUT2D eigenvalue weighted by atomic mass is 10.1. The molecule has 20 heavy (non-hydrogen) atoms. The summed E-state index contributed by atoms with van der Waals surface area (Å²) in [6, 6.07) is 5.27. The Morgan fingerprint density at radius 2 is 2.25 bits per heavy atom. The molecule has 1 atom stereocenters. The van der Waals surface area contributed by atoms with Crippen molar-refractivity contribution in [3.05, 3.63) is 28.2 Å². The lowest BCUT2D eigenvalue weighted by Gasteiger charge is -2.18. The van der Waals surface area contributed by atoms with Crippen LogP contribution in [-0.2, 0) is 11.3 Å². The fourth-order valence-electron chi connectivity index (χ4n) is 1.84. The van der Waals surface area contributed by atoms with Crippen molar-refractivity contribution in [3.8, 4) is 0 Å². The van der Waals surface area contributed by atoms with E-state index >= 15 is 0 Å². The van der Waals surface area contributed by atoms with E-state index in [-0.39, 0.29) is 18.7 Å². The molecule has 0 aliphatic carbocycles. The van der Waals surface area contributed by atoms with Crippen molar-refractivity contribution >= 4 is 27.6 Å². The first-order chi connectivity index (χ1) is 9.62. The number of nitrogens with one attached hydrogen (secondary N) is 2. The summed E-state index contributed by atoms with van der Waals surface area (Å²) in [6.45, 7) is 2.44. The van der Waals surface area contributed by atoms with Crippen molar-refractivity contribution in [2.75, 3.05) is 19.0 Å². The van der Waals surface area contributed by atoms with Crippen LogP contribution in [0.1, 0.15) is 25.3 Å². The molecule has 1 rings (SSSR count). The molecule has 1 aromatic carbocycles. The van der Waals surface area contributed by atoms with Crippen LogP contribution in [-0.4, -0.2) is 30.9 Å². The van der Waals surface area contributed by atoms with Crippen molar-refractivity contribution in [2.24, 2.45) is 0 Å². The predicted octanol–water partition coefficient (Wildman–Crippen LogP) is 2.88. The van der Waals surface area contributed by atoms with E-state index in [1.807, 2.05) is 25.1 Å². The number of urea groups is 1. The first-order valence-electron chi connectivity index (χ1n) is 6.57. The molecule has 0 bridgehead atoms. The third-order valence-electron chi connectivity index (χ3n) is 2.96. The maximum absolute atomic E-state index is 12.0. The summed E-state index contributed by atoms with van der Waals surface area (Å²) in [6.07, 6.45) is 1.32. The number of amides is 2. The minimum atomic E-state index is -0.277. The lowest BCUT2D eigenvalue weighted by molar-refractivity contribution is 0.185. The molecule has 5 nitrogen and oxygen atoms in total. The number of carbonyl (C=O) groups excluding carboxylic acids is 1. The van der Waals surface area contributed by atoms with Crippen LogP contribution < -0.4 is 10.6 Å². The first kappa shape index (κ1) is 16.9. The van der Waals surface area contributed by atoms with Crippen LogP contribution in [0.15, 0.2) is 22.7 Å². The van der Waals surface area contributed by atoms with E-state index in [0.717, 1.165) is 16.5 Å². The zero-order chi connectivity index (χ0) is 15.0. The second kappa shape index (κ2) is 8.94. The van der Waals surface area contributed by atoms with Crippen molar-refractivity contribution < 1.29 is 14.6 Å². The van der Waals surface area contributed by atoms with Crippen LogP contribution in [0.25, 0.3) is 0 Å². The van der Waals surface area contributed by atoms with Crippen molar-refractivity contribution in [1.29, 1.82) is 0 Å². The van der Waals surface area contributed by atoms with E-state index in [1.54, 1.807) is 7.11 Å². The quantitative estimate of drug-likeness (QED) is 0.712. The fraction of sp³-hybridized carbons (Fsp3) is 0.500. The van der Waals surface area contributed by atoms with Gasteiger partial charge in [0.25, 0.3) is 0 Å². The Morgan fingerprint density at radius 3 is 2.85 bits per heavy atom. The Kier molecular flexibility index (Phi) is 7.58. The van der Waals surface area contributed by atoms with Gasteiger partial charge in [0.2, 0.25) is 0 Å². The Balaban J connectivity index is 2.72. The number of rotatable bonds is 7. The number of carbonyl (C=O) groups is 1. The zero-order valence-corrected chi connectivity index (χ0v) is 13.4. The number of hydrogen-bond donors (Lipinski definition) is 3. The van der Waals surface area contributed by atoms with Gasteiger partial charge in [0.05, 0.1) is 6.61 Å². The highest BCUT2D eigenvalue weighted by molar-refractivity contribution is 9.10. The van der Waals surface area contributed by atoms with Crippen LogP contribution in [0.2, 0.25) is 0 Å². The first-order valence-corrected chi connectivity index (χ1v) is 7.36. The van der Waals surface area contributed by atoms with Crippen LogP contribution in [0.5, 0.6) is 0 Å². The van der Waals surface area contributed by atoms with E-state index in [9.17, 15) is 4.79 Å². The van der Waals surface area contributed by atoms with E-state index in [2.05, 4.69) is 26.6 Å². The van der Waals surface area contributed by atoms with E-state index in [4.69, 9.17) is 9.84 Å². The number of hydrogen-bond acceptors (Lipinski definition) is 3. The molecule has 0 fully saturated rings. The molecule has 0 aromatic heterocycles. The fourth-order valence-corrected chi connectivity index (χ4v) is 2.33. The van der Waals surface area contributed by atoms with Crippen LogP contribution in [0.3, 0.4) is 0 Å². The summed E-state index contributed by atoms with van der Waals surface area (Å²) in [7, 11) is 1.61. The van der Waals surface area contributed by atoms with Gasteiger partial charge in [-0.15, -0.1) is 0 Å². The Bertz CT molecular complexity index is 440. The highest BCUT2D eigenvalue weighted by Gasteiger charge is 2.12. The molecule has 3 N–H and O–H groups in total.